The fraction of sp³-hybridized carbons (Fsp3) is 0.750. The fourth-order valence-corrected chi connectivity index (χ4v) is 8.86. The summed E-state index contributed by atoms with van der Waals surface area (Å²) in [5, 5.41) is 0. The minimum absolute atomic E-state index is 0.0917. The van der Waals surface area contributed by atoms with E-state index in [0.29, 0.717) is 25.2 Å². The zero-order valence-corrected chi connectivity index (χ0v) is 21.3. The fourth-order valence-electron chi connectivity index (χ4n) is 8.86. The van der Waals surface area contributed by atoms with Crippen molar-refractivity contribution >= 4 is 17.7 Å². The van der Waals surface area contributed by atoms with E-state index in [-0.39, 0.29) is 35.3 Å². The molecule has 0 N–H and O–H groups in total. The van der Waals surface area contributed by atoms with Crippen molar-refractivity contribution in [3.63, 3.8) is 0 Å². The topological polar surface area (TPSA) is 78.9 Å². The SMILES string of the molecule is CC(=O)OC1CC2C(C)(C)C(=O)CCC2(C)C2CCC3(C)C(=CC(=O)OC3C3C=CCO3)C12C. The number of esters is 2. The van der Waals surface area contributed by atoms with Crippen LogP contribution in [0.2, 0.25) is 0 Å². The van der Waals surface area contributed by atoms with Crippen LogP contribution in [0.25, 0.3) is 0 Å². The zero-order chi connectivity index (χ0) is 24.7. The average Bonchev–Trinajstić information content (AvgIpc) is 3.28. The van der Waals surface area contributed by atoms with Gasteiger partial charge in [0.25, 0.3) is 0 Å². The van der Waals surface area contributed by atoms with Gasteiger partial charge in [-0.15, -0.1) is 0 Å². The van der Waals surface area contributed by atoms with Gasteiger partial charge >= 0.3 is 11.9 Å². The van der Waals surface area contributed by atoms with Gasteiger partial charge < -0.3 is 14.2 Å². The van der Waals surface area contributed by atoms with Gasteiger partial charge in [0.2, 0.25) is 0 Å². The number of ether oxygens (including phenoxy) is 3. The van der Waals surface area contributed by atoms with E-state index in [1.54, 1.807) is 6.08 Å². The summed E-state index contributed by atoms with van der Waals surface area (Å²) in [5.74, 6) is -0.0800. The standard InChI is InChI=1S/C28H38O6/c1-16(29)33-22-14-19-25(2,3)21(30)10-12-26(19,4)18-9-11-27(5)20(28(18,22)6)15-23(31)34-24(27)17-8-7-13-32-17/h7-8,15,17-19,22,24H,9-14H2,1-6H3. The third-order valence-corrected chi connectivity index (χ3v) is 10.5. The van der Waals surface area contributed by atoms with E-state index >= 15 is 0 Å². The van der Waals surface area contributed by atoms with Gasteiger partial charge in [-0.2, -0.15) is 0 Å². The number of cyclic esters (lactones) is 1. The van der Waals surface area contributed by atoms with Crippen molar-refractivity contribution in [1.29, 1.82) is 0 Å². The number of Topliss-reactive ketones (excluding diaryl/α,β-unsaturated/α-hetero) is 1. The first-order valence-electron chi connectivity index (χ1n) is 12.8. The van der Waals surface area contributed by atoms with Crippen molar-refractivity contribution in [1.82, 2.24) is 0 Å². The molecule has 5 rings (SSSR count). The average molecular weight is 471 g/mol. The molecular weight excluding hydrogens is 432 g/mol. The van der Waals surface area contributed by atoms with E-state index in [9.17, 15) is 14.4 Å². The lowest BCUT2D eigenvalue weighted by Crippen LogP contribution is -2.67. The maximum Gasteiger partial charge on any atom is 0.331 e. The first-order chi connectivity index (χ1) is 15.8. The Morgan fingerprint density at radius 1 is 1.09 bits per heavy atom. The number of rotatable bonds is 2. The molecule has 3 fully saturated rings. The molecule has 3 aliphatic carbocycles. The Kier molecular flexibility index (Phi) is 5.26. The monoisotopic (exact) mass is 470 g/mol. The third-order valence-electron chi connectivity index (χ3n) is 10.5. The van der Waals surface area contributed by atoms with Crippen LogP contribution in [0.4, 0.5) is 0 Å². The summed E-state index contributed by atoms with van der Waals surface area (Å²) in [6.07, 6.45) is 8.36. The van der Waals surface area contributed by atoms with Gasteiger partial charge in [-0.3, -0.25) is 9.59 Å². The first-order valence-corrected chi connectivity index (χ1v) is 12.8. The molecule has 6 nitrogen and oxygen atoms in total. The van der Waals surface area contributed by atoms with E-state index in [2.05, 4.69) is 34.6 Å². The molecular formula is C28H38O6. The molecule has 0 saturated heterocycles. The Balaban J connectivity index is 1.65. The number of hydrogen-bond acceptors (Lipinski definition) is 6. The van der Waals surface area contributed by atoms with E-state index in [1.165, 1.54) is 6.92 Å². The Bertz CT molecular complexity index is 993. The van der Waals surface area contributed by atoms with Gasteiger partial charge in [0, 0.05) is 35.7 Å². The summed E-state index contributed by atoms with van der Waals surface area (Å²) in [6, 6.07) is 0. The molecule has 5 aliphatic rings. The Morgan fingerprint density at radius 2 is 1.82 bits per heavy atom. The molecule has 0 aromatic rings. The summed E-state index contributed by atoms with van der Waals surface area (Å²) in [5.41, 5.74) is -0.480. The quantitative estimate of drug-likeness (QED) is 0.435. The van der Waals surface area contributed by atoms with Crippen LogP contribution in [0.15, 0.2) is 23.8 Å². The van der Waals surface area contributed by atoms with Crippen LogP contribution >= 0.6 is 0 Å². The molecule has 0 radical (unpaired) electrons. The maximum atomic E-state index is 13.0. The van der Waals surface area contributed by atoms with Crippen molar-refractivity contribution < 1.29 is 28.6 Å². The van der Waals surface area contributed by atoms with Crippen LogP contribution in [0.5, 0.6) is 0 Å². The predicted molar refractivity (Wildman–Crippen MR) is 126 cm³/mol. The number of carbonyl (C=O) groups is 3. The molecule has 3 saturated carbocycles. The highest BCUT2D eigenvalue weighted by Crippen LogP contribution is 2.71. The van der Waals surface area contributed by atoms with Crippen molar-refractivity contribution in [3.05, 3.63) is 23.8 Å². The van der Waals surface area contributed by atoms with Crippen LogP contribution in [0.1, 0.15) is 73.6 Å². The summed E-state index contributed by atoms with van der Waals surface area (Å²) in [7, 11) is 0. The van der Waals surface area contributed by atoms with Crippen LogP contribution in [0.3, 0.4) is 0 Å². The second kappa shape index (κ2) is 7.52. The van der Waals surface area contributed by atoms with Crippen LogP contribution in [-0.2, 0) is 28.6 Å². The van der Waals surface area contributed by atoms with Gasteiger partial charge in [0.1, 0.15) is 24.1 Å². The predicted octanol–water partition coefficient (Wildman–Crippen LogP) is 4.56. The third kappa shape index (κ3) is 3.06. The molecule has 0 amide bonds. The molecule has 186 valence electrons. The second-order valence-electron chi connectivity index (χ2n) is 12.5. The van der Waals surface area contributed by atoms with Gasteiger partial charge in [-0.05, 0) is 48.5 Å². The van der Waals surface area contributed by atoms with Crippen molar-refractivity contribution in [3.8, 4) is 0 Å². The Labute approximate surface area is 202 Å². The van der Waals surface area contributed by atoms with Gasteiger partial charge in [-0.25, -0.2) is 4.79 Å². The van der Waals surface area contributed by atoms with Crippen LogP contribution < -0.4 is 0 Å². The van der Waals surface area contributed by atoms with Crippen LogP contribution in [-0.4, -0.2) is 42.6 Å². The van der Waals surface area contributed by atoms with Crippen molar-refractivity contribution in [2.75, 3.05) is 6.61 Å². The molecule has 0 aromatic carbocycles. The van der Waals surface area contributed by atoms with Gasteiger partial charge in [-0.1, -0.05) is 46.8 Å². The molecule has 0 spiro atoms. The highest BCUT2D eigenvalue weighted by molar-refractivity contribution is 5.86. The summed E-state index contributed by atoms with van der Waals surface area (Å²) >= 11 is 0. The Hall–Kier alpha value is -1.95. The lowest BCUT2D eigenvalue weighted by atomic mass is 9.37. The Morgan fingerprint density at radius 3 is 2.47 bits per heavy atom. The van der Waals surface area contributed by atoms with E-state index in [0.717, 1.165) is 24.8 Å². The number of ketones is 1. The second-order valence-corrected chi connectivity index (χ2v) is 12.5. The number of hydrogen-bond donors (Lipinski definition) is 0. The zero-order valence-electron chi connectivity index (χ0n) is 21.3. The summed E-state index contributed by atoms with van der Waals surface area (Å²) < 4.78 is 17.9. The molecule has 8 atom stereocenters. The summed E-state index contributed by atoms with van der Waals surface area (Å²) in [6.45, 7) is 12.8. The molecule has 0 aromatic heterocycles. The van der Waals surface area contributed by atoms with E-state index < -0.39 is 28.5 Å². The maximum absolute atomic E-state index is 13.0. The van der Waals surface area contributed by atoms with Crippen molar-refractivity contribution in [2.24, 2.45) is 33.5 Å². The molecule has 8 unspecified atom stereocenters. The normalized spacial score (nSPS) is 47.1. The minimum Gasteiger partial charge on any atom is -0.462 e. The van der Waals surface area contributed by atoms with E-state index in [1.807, 2.05) is 12.2 Å². The highest BCUT2D eigenvalue weighted by Gasteiger charge is 2.70. The van der Waals surface area contributed by atoms with Gasteiger partial charge in [0.05, 0.1) is 6.61 Å². The lowest BCUT2D eigenvalue weighted by molar-refractivity contribution is -0.213. The van der Waals surface area contributed by atoms with Crippen molar-refractivity contribution in [2.45, 2.75) is 92.0 Å². The summed E-state index contributed by atoms with van der Waals surface area (Å²) in [4.78, 5) is 38.3. The molecule has 6 heteroatoms. The minimum atomic E-state index is -0.527. The smallest absolute Gasteiger partial charge is 0.331 e. The number of carbonyl (C=O) groups excluding carboxylic acids is 3. The first kappa shape index (κ1) is 23.8. The molecule has 0 bridgehead atoms. The molecule has 2 aliphatic heterocycles. The number of fused-ring (bicyclic) bond motifs is 5. The molecule has 2 heterocycles. The lowest BCUT2D eigenvalue weighted by Gasteiger charge is -2.68. The highest BCUT2D eigenvalue weighted by atomic mass is 16.6. The van der Waals surface area contributed by atoms with Gasteiger partial charge in [0.15, 0.2) is 0 Å². The van der Waals surface area contributed by atoms with E-state index in [4.69, 9.17) is 14.2 Å². The van der Waals surface area contributed by atoms with Crippen LogP contribution in [0, 0.1) is 33.5 Å². The molecule has 34 heavy (non-hydrogen) atoms. The largest absolute Gasteiger partial charge is 0.462 e.